The fraction of sp³-hybridized carbons (Fsp3) is 0.538. The highest BCUT2D eigenvalue weighted by atomic mass is 16.5. The zero-order valence-electron chi connectivity index (χ0n) is 10.4. The Hall–Kier alpha value is -1.38. The van der Waals surface area contributed by atoms with Crippen LogP contribution in [0.15, 0.2) is 12.1 Å². The van der Waals surface area contributed by atoms with Gasteiger partial charge in [-0.15, -0.1) is 0 Å². The SMILES string of the molecule is CCCOc1ccc(O)c(O)c1C(C)(C)C. The van der Waals surface area contributed by atoms with E-state index in [0.29, 0.717) is 17.9 Å². The van der Waals surface area contributed by atoms with Crippen molar-refractivity contribution in [3.63, 3.8) is 0 Å². The predicted molar refractivity (Wildman–Crippen MR) is 64.3 cm³/mol. The smallest absolute Gasteiger partial charge is 0.164 e. The average Bonchev–Trinajstić information content (AvgIpc) is 2.17. The van der Waals surface area contributed by atoms with Gasteiger partial charge in [0.25, 0.3) is 0 Å². The minimum atomic E-state index is -0.272. The van der Waals surface area contributed by atoms with E-state index in [0.717, 1.165) is 6.42 Å². The summed E-state index contributed by atoms with van der Waals surface area (Å²) < 4.78 is 5.58. The average molecular weight is 224 g/mol. The van der Waals surface area contributed by atoms with Crippen molar-refractivity contribution in [1.29, 1.82) is 0 Å². The van der Waals surface area contributed by atoms with Gasteiger partial charge in [-0.1, -0.05) is 27.7 Å². The summed E-state index contributed by atoms with van der Waals surface area (Å²) in [5.74, 6) is 0.458. The molecule has 0 amide bonds. The molecule has 0 atom stereocenters. The van der Waals surface area contributed by atoms with Gasteiger partial charge in [0.2, 0.25) is 0 Å². The van der Waals surface area contributed by atoms with Crippen molar-refractivity contribution in [2.45, 2.75) is 39.5 Å². The Morgan fingerprint density at radius 2 is 1.81 bits per heavy atom. The van der Waals surface area contributed by atoms with E-state index in [4.69, 9.17) is 4.74 Å². The van der Waals surface area contributed by atoms with Gasteiger partial charge in [0.05, 0.1) is 6.61 Å². The molecule has 2 N–H and O–H groups in total. The monoisotopic (exact) mass is 224 g/mol. The van der Waals surface area contributed by atoms with Crippen molar-refractivity contribution in [2.24, 2.45) is 0 Å². The lowest BCUT2D eigenvalue weighted by atomic mass is 9.85. The first-order chi connectivity index (χ1) is 7.38. The van der Waals surface area contributed by atoms with E-state index in [-0.39, 0.29) is 16.9 Å². The third-order valence-corrected chi connectivity index (χ3v) is 2.33. The van der Waals surface area contributed by atoms with E-state index in [9.17, 15) is 10.2 Å². The number of phenolic OH excluding ortho intramolecular Hbond substituents is 2. The Morgan fingerprint density at radius 3 is 2.31 bits per heavy atom. The van der Waals surface area contributed by atoms with Crippen LogP contribution in [0.2, 0.25) is 0 Å². The quantitative estimate of drug-likeness (QED) is 0.775. The molecule has 1 aromatic carbocycles. The first-order valence-corrected chi connectivity index (χ1v) is 5.56. The molecule has 0 aliphatic heterocycles. The number of benzene rings is 1. The minimum Gasteiger partial charge on any atom is -0.504 e. The second-order valence-electron chi connectivity index (χ2n) is 4.90. The van der Waals surface area contributed by atoms with Gasteiger partial charge in [-0.05, 0) is 24.0 Å². The fourth-order valence-corrected chi connectivity index (χ4v) is 1.62. The maximum atomic E-state index is 9.88. The van der Waals surface area contributed by atoms with E-state index in [1.807, 2.05) is 27.7 Å². The number of phenols is 2. The molecule has 0 heterocycles. The van der Waals surface area contributed by atoms with Crippen LogP contribution in [0.1, 0.15) is 39.7 Å². The molecule has 0 radical (unpaired) electrons. The summed E-state index contributed by atoms with van der Waals surface area (Å²) in [6, 6.07) is 3.15. The molecular weight excluding hydrogens is 204 g/mol. The number of aromatic hydroxyl groups is 2. The topological polar surface area (TPSA) is 49.7 Å². The van der Waals surface area contributed by atoms with Crippen molar-refractivity contribution in [3.8, 4) is 17.2 Å². The van der Waals surface area contributed by atoms with Gasteiger partial charge in [0.1, 0.15) is 5.75 Å². The van der Waals surface area contributed by atoms with Gasteiger partial charge in [0, 0.05) is 5.56 Å². The van der Waals surface area contributed by atoms with Crippen LogP contribution in [-0.2, 0) is 5.41 Å². The predicted octanol–water partition coefficient (Wildman–Crippen LogP) is 3.18. The lowest BCUT2D eigenvalue weighted by Crippen LogP contribution is -2.14. The molecule has 0 aliphatic carbocycles. The van der Waals surface area contributed by atoms with Gasteiger partial charge in [0.15, 0.2) is 11.5 Å². The molecule has 3 heteroatoms. The summed E-state index contributed by atoms with van der Waals surface area (Å²) in [7, 11) is 0. The summed E-state index contributed by atoms with van der Waals surface area (Å²) in [5, 5.41) is 19.4. The number of ether oxygens (including phenoxy) is 1. The van der Waals surface area contributed by atoms with Crippen LogP contribution in [0.5, 0.6) is 17.2 Å². The molecule has 1 aromatic rings. The lowest BCUT2D eigenvalue weighted by Gasteiger charge is -2.24. The van der Waals surface area contributed by atoms with Gasteiger partial charge in [-0.3, -0.25) is 0 Å². The van der Waals surface area contributed by atoms with E-state index in [1.54, 1.807) is 6.07 Å². The molecule has 0 aromatic heterocycles. The van der Waals surface area contributed by atoms with E-state index in [2.05, 4.69) is 0 Å². The zero-order valence-corrected chi connectivity index (χ0v) is 10.4. The molecule has 0 saturated carbocycles. The Balaban J connectivity index is 3.22. The van der Waals surface area contributed by atoms with E-state index >= 15 is 0 Å². The summed E-state index contributed by atoms with van der Waals surface area (Å²) in [5.41, 5.74) is 0.382. The second kappa shape index (κ2) is 4.64. The summed E-state index contributed by atoms with van der Waals surface area (Å²) in [4.78, 5) is 0. The molecule has 90 valence electrons. The third kappa shape index (κ3) is 2.60. The van der Waals surface area contributed by atoms with Crippen molar-refractivity contribution in [1.82, 2.24) is 0 Å². The largest absolute Gasteiger partial charge is 0.504 e. The van der Waals surface area contributed by atoms with Gasteiger partial charge >= 0.3 is 0 Å². The number of rotatable bonds is 3. The Morgan fingerprint density at radius 1 is 1.19 bits per heavy atom. The maximum absolute atomic E-state index is 9.88. The molecule has 3 nitrogen and oxygen atoms in total. The van der Waals surface area contributed by atoms with Crippen molar-refractivity contribution < 1.29 is 14.9 Å². The second-order valence-corrected chi connectivity index (χ2v) is 4.90. The fourth-order valence-electron chi connectivity index (χ4n) is 1.62. The van der Waals surface area contributed by atoms with Crippen LogP contribution in [0.3, 0.4) is 0 Å². The van der Waals surface area contributed by atoms with Gasteiger partial charge in [-0.2, -0.15) is 0 Å². The zero-order chi connectivity index (χ0) is 12.3. The highest BCUT2D eigenvalue weighted by molar-refractivity contribution is 5.55. The molecule has 0 fully saturated rings. The maximum Gasteiger partial charge on any atom is 0.164 e. The lowest BCUT2D eigenvalue weighted by molar-refractivity contribution is 0.301. The van der Waals surface area contributed by atoms with Crippen LogP contribution >= 0.6 is 0 Å². The standard InChI is InChI=1S/C13H20O3/c1-5-8-16-10-7-6-9(14)12(15)11(10)13(2,3)4/h6-7,14-15H,5,8H2,1-4H3. The minimum absolute atomic E-state index is 0.0823. The molecule has 1 rings (SSSR count). The van der Waals surface area contributed by atoms with Crippen LogP contribution < -0.4 is 4.74 Å². The van der Waals surface area contributed by atoms with Crippen LogP contribution in [-0.4, -0.2) is 16.8 Å². The van der Waals surface area contributed by atoms with Gasteiger partial charge in [-0.25, -0.2) is 0 Å². The van der Waals surface area contributed by atoms with E-state index < -0.39 is 0 Å². The summed E-state index contributed by atoms with van der Waals surface area (Å²) in [6.45, 7) is 8.55. The summed E-state index contributed by atoms with van der Waals surface area (Å²) in [6.07, 6.45) is 0.908. The third-order valence-electron chi connectivity index (χ3n) is 2.33. The molecule has 0 unspecified atom stereocenters. The van der Waals surface area contributed by atoms with Crippen LogP contribution in [0.4, 0.5) is 0 Å². The highest BCUT2D eigenvalue weighted by Crippen LogP contribution is 2.43. The number of hydrogen-bond donors (Lipinski definition) is 2. The van der Waals surface area contributed by atoms with E-state index in [1.165, 1.54) is 6.07 Å². The Labute approximate surface area is 96.7 Å². The molecule has 16 heavy (non-hydrogen) atoms. The molecule has 0 spiro atoms. The van der Waals surface area contributed by atoms with Crippen LogP contribution in [0, 0.1) is 0 Å². The van der Waals surface area contributed by atoms with Crippen molar-refractivity contribution >= 4 is 0 Å². The van der Waals surface area contributed by atoms with Crippen molar-refractivity contribution in [3.05, 3.63) is 17.7 Å². The molecule has 0 aliphatic rings. The first-order valence-electron chi connectivity index (χ1n) is 5.56. The Kier molecular flexibility index (Phi) is 3.68. The summed E-state index contributed by atoms with van der Waals surface area (Å²) >= 11 is 0. The molecule has 0 bridgehead atoms. The van der Waals surface area contributed by atoms with Gasteiger partial charge < -0.3 is 14.9 Å². The molecular formula is C13H20O3. The normalized spacial score (nSPS) is 11.5. The molecule has 0 saturated heterocycles. The Bertz CT molecular complexity index is 364. The van der Waals surface area contributed by atoms with Crippen molar-refractivity contribution in [2.75, 3.05) is 6.61 Å². The first kappa shape index (κ1) is 12.7. The number of hydrogen-bond acceptors (Lipinski definition) is 3. The highest BCUT2D eigenvalue weighted by Gasteiger charge is 2.25. The van der Waals surface area contributed by atoms with Crippen LogP contribution in [0.25, 0.3) is 0 Å².